The van der Waals surface area contributed by atoms with Crippen molar-refractivity contribution < 1.29 is 14.3 Å². The van der Waals surface area contributed by atoms with Crippen molar-refractivity contribution in [3.05, 3.63) is 27.7 Å². The van der Waals surface area contributed by atoms with Crippen LogP contribution in [0.4, 0.5) is 5.69 Å². The van der Waals surface area contributed by atoms with Crippen LogP contribution in [0.5, 0.6) is 0 Å². The summed E-state index contributed by atoms with van der Waals surface area (Å²) in [5, 5.41) is 0. The molecule has 102 valence electrons. The van der Waals surface area contributed by atoms with Gasteiger partial charge in [-0.05, 0) is 37.1 Å². The summed E-state index contributed by atoms with van der Waals surface area (Å²) in [6, 6.07) is 3.91. The Morgan fingerprint density at radius 1 is 1.37 bits per heavy atom. The summed E-state index contributed by atoms with van der Waals surface area (Å²) in [4.78, 5) is 25.2. The number of hydrogen-bond donors (Lipinski definition) is 0. The second-order valence-electron chi connectivity index (χ2n) is 4.82. The van der Waals surface area contributed by atoms with E-state index in [2.05, 4.69) is 15.9 Å². The summed E-state index contributed by atoms with van der Waals surface area (Å²) in [5.74, 6) is -0.709. The van der Waals surface area contributed by atoms with Gasteiger partial charge < -0.3 is 9.64 Å². The molecule has 1 heterocycles. The van der Waals surface area contributed by atoms with Crippen molar-refractivity contribution in [1.29, 1.82) is 0 Å². The average molecular weight is 326 g/mol. The van der Waals surface area contributed by atoms with Crippen LogP contribution in [0.25, 0.3) is 0 Å². The number of carbonyl (C=O) groups is 2. The molecule has 0 unspecified atom stereocenters. The lowest BCUT2D eigenvalue weighted by molar-refractivity contribution is -0.145. The molecule has 1 aliphatic rings. The fourth-order valence-electron chi connectivity index (χ4n) is 2.36. The Morgan fingerprint density at radius 3 is 2.47 bits per heavy atom. The van der Waals surface area contributed by atoms with E-state index in [4.69, 9.17) is 4.74 Å². The Morgan fingerprint density at radius 2 is 1.95 bits per heavy atom. The van der Waals surface area contributed by atoms with E-state index in [-0.39, 0.29) is 24.2 Å². The normalized spacial score (nSPS) is 18.8. The van der Waals surface area contributed by atoms with Gasteiger partial charge in [0, 0.05) is 23.1 Å². The van der Waals surface area contributed by atoms with E-state index in [9.17, 15) is 9.59 Å². The molecule has 1 aliphatic heterocycles. The summed E-state index contributed by atoms with van der Waals surface area (Å²) >= 11 is 3.51. The SMILES string of the molecule is COC(=O)[C@@H]1CC(=O)N(c2cc(C)c(Br)c(C)c2)C1. The van der Waals surface area contributed by atoms with Crippen LogP contribution in [0.15, 0.2) is 16.6 Å². The first-order chi connectivity index (χ1) is 8.93. The van der Waals surface area contributed by atoms with Crippen molar-refractivity contribution in [3.8, 4) is 0 Å². The van der Waals surface area contributed by atoms with E-state index < -0.39 is 0 Å². The van der Waals surface area contributed by atoms with E-state index in [1.165, 1.54) is 7.11 Å². The van der Waals surface area contributed by atoms with Crippen molar-refractivity contribution in [3.63, 3.8) is 0 Å². The fraction of sp³-hybridized carbons (Fsp3) is 0.429. The van der Waals surface area contributed by atoms with Crippen molar-refractivity contribution in [1.82, 2.24) is 0 Å². The average Bonchev–Trinajstić information content (AvgIpc) is 2.76. The van der Waals surface area contributed by atoms with Crippen LogP contribution in [0.2, 0.25) is 0 Å². The molecule has 1 aromatic carbocycles. The first-order valence-electron chi connectivity index (χ1n) is 6.09. The first kappa shape index (κ1) is 14.1. The number of carbonyl (C=O) groups excluding carboxylic acids is 2. The maximum atomic E-state index is 12.0. The highest BCUT2D eigenvalue weighted by molar-refractivity contribution is 9.10. The number of nitrogens with zero attached hydrogens (tertiary/aromatic N) is 1. The van der Waals surface area contributed by atoms with E-state index in [1.807, 2.05) is 26.0 Å². The lowest BCUT2D eigenvalue weighted by Crippen LogP contribution is -2.26. The number of amides is 1. The van der Waals surface area contributed by atoms with E-state index in [1.54, 1.807) is 4.90 Å². The molecule has 0 saturated carbocycles. The number of aryl methyl sites for hydroxylation is 2. The zero-order valence-corrected chi connectivity index (χ0v) is 12.8. The van der Waals surface area contributed by atoms with Crippen LogP contribution in [0.3, 0.4) is 0 Å². The highest BCUT2D eigenvalue weighted by Crippen LogP contribution is 2.31. The number of ether oxygens (including phenoxy) is 1. The number of benzene rings is 1. The Labute approximate surface area is 120 Å². The number of hydrogen-bond acceptors (Lipinski definition) is 3. The topological polar surface area (TPSA) is 46.6 Å². The molecule has 19 heavy (non-hydrogen) atoms. The zero-order valence-electron chi connectivity index (χ0n) is 11.2. The van der Waals surface area contributed by atoms with Crippen molar-refractivity contribution in [2.24, 2.45) is 5.92 Å². The maximum absolute atomic E-state index is 12.0. The summed E-state index contributed by atoms with van der Waals surface area (Å²) in [7, 11) is 1.35. The Bertz CT molecular complexity index is 518. The van der Waals surface area contributed by atoms with Gasteiger partial charge in [-0.15, -0.1) is 0 Å². The fourth-order valence-corrected chi connectivity index (χ4v) is 2.59. The van der Waals surface area contributed by atoms with Gasteiger partial charge in [-0.3, -0.25) is 9.59 Å². The molecule has 0 N–H and O–H groups in total. The van der Waals surface area contributed by atoms with E-state index in [0.717, 1.165) is 21.3 Å². The van der Waals surface area contributed by atoms with Crippen LogP contribution >= 0.6 is 15.9 Å². The molecular formula is C14H16BrNO3. The second kappa shape index (κ2) is 5.33. The number of esters is 1. The molecule has 1 fully saturated rings. The predicted molar refractivity (Wildman–Crippen MR) is 76.1 cm³/mol. The van der Waals surface area contributed by atoms with E-state index in [0.29, 0.717) is 6.54 Å². The maximum Gasteiger partial charge on any atom is 0.311 e. The third-order valence-electron chi connectivity index (χ3n) is 3.39. The van der Waals surface area contributed by atoms with Gasteiger partial charge in [-0.25, -0.2) is 0 Å². The predicted octanol–water partition coefficient (Wildman–Crippen LogP) is 2.59. The minimum absolute atomic E-state index is 0.0310. The smallest absolute Gasteiger partial charge is 0.311 e. The molecule has 0 radical (unpaired) electrons. The van der Waals surface area contributed by atoms with Gasteiger partial charge in [0.25, 0.3) is 0 Å². The second-order valence-corrected chi connectivity index (χ2v) is 5.62. The Balaban J connectivity index is 2.28. The highest BCUT2D eigenvalue weighted by Gasteiger charge is 2.35. The summed E-state index contributed by atoms with van der Waals surface area (Å²) in [6.45, 7) is 4.36. The van der Waals surface area contributed by atoms with Crippen LogP contribution in [-0.4, -0.2) is 25.5 Å². The van der Waals surface area contributed by atoms with Gasteiger partial charge in [-0.2, -0.15) is 0 Å². The minimum atomic E-state index is -0.359. The Kier molecular flexibility index (Phi) is 3.94. The molecule has 0 spiro atoms. The zero-order chi connectivity index (χ0) is 14.2. The summed E-state index contributed by atoms with van der Waals surface area (Å²) in [6.07, 6.45) is 0.223. The van der Waals surface area contributed by atoms with Gasteiger partial charge >= 0.3 is 5.97 Å². The lowest BCUT2D eigenvalue weighted by Gasteiger charge is -2.18. The Hall–Kier alpha value is -1.36. The van der Waals surface area contributed by atoms with Crippen LogP contribution < -0.4 is 4.90 Å². The van der Waals surface area contributed by atoms with Crippen LogP contribution in [-0.2, 0) is 14.3 Å². The van der Waals surface area contributed by atoms with Gasteiger partial charge in [0.05, 0.1) is 13.0 Å². The van der Waals surface area contributed by atoms with Crippen LogP contribution in [0.1, 0.15) is 17.5 Å². The summed E-state index contributed by atoms with van der Waals surface area (Å²) in [5.41, 5.74) is 2.99. The van der Waals surface area contributed by atoms with Crippen LogP contribution in [0, 0.1) is 19.8 Å². The molecule has 1 atom stereocenters. The molecule has 1 aromatic rings. The molecule has 0 aromatic heterocycles. The summed E-state index contributed by atoms with van der Waals surface area (Å²) < 4.78 is 5.76. The third-order valence-corrected chi connectivity index (χ3v) is 4.64. The van der Waals surface area contributed by atoms with E-state index >= 15 is 0 Å². The number of anilines is 1. The number of methoxy groups -OCH3 is 1. The third kappa shape index (κ3) is 2.66. The molecule has 1 amide bonds. The molecule has 0 aliphatic carbocycles. The van der Waals surface area contributed by atoms with Gasteiger partial charge in [0.15, 0.2) is 0 Å². The van der Waals surface area contributed by atoms with Crippen molar-refractivity contribution >= 4 is 33.5 Å². The minimum Gasteiger partial charge on any atom is -0.469 e. The van der Waals surface area contributed by atoms with Gasteiger partial charge in [-0.1, -0.05) is 15.9 Å². The molecule has 2 rings (SSSR count). The van der Waals surface area contributed by atoms with Crippen molar-refractivity contribution in [2.45, 2.75) is 20.3 Å². The van der Waals surface area contributed by atoms with Gasteiger partial charge in [0.1, 0.15) is 0 Å². The highest BCUT2D eigenvalue weighted by atomic mass is 79.9. The standard InChI is InChI=1S/C14H16BrNO3/c1-8-4-11(5-9(2)13(8)15)16-7-10(6-12(16)17)14(18)19-3/h4-5,10H,6-7H2,1-3H3/t10-/m1/s1. The van der Waals surface area contributed by atoms with Gasteiger partial charge in [0.2, 0.25) is 5.91 Å². The number of rotatable bonds is 2. The lowest BCUT2D eigenvalue weighted by atomic mass is 10.1. The molecular weight excluding hydrogens is 310 g/mol. The molecule has 1 saturated heterocycles. The molecule has 4 nitrogen and oxygen atoms in total. The largest absolute Gasteiger partial charge is 0.469 e. The quantitative estimate of drug-likeness (QED) is 0.785. The molecule has 0 bridgehead atoms. The molecule has 5 heteroatoms. The first-order valence-corrected chi connectivity index (χ1v) is 6.88. The monoisotopic (exact) mass is 325 g/mol. The number of halogens is 1. The van der Waals surface area contributed by atoms with Crippen molar-refractivity contribution in [2.75, 3.05) is 18.6 Å².